The summed E-state index contributed by atoms with van der Waals surface area (Å²) in [7, 11) is 0. The Morgan fingerprint density at radius 3 is 2.86 bits per heavy atom. The molecule has 0 aliphatic rings. The predicted octanol–water partition coefficient (Wildman–Crippen LogP) is 1.77. The smallest absolute Gasteiger partial charge is 0.278 e. The van der Waals surface area contributed by atoms with Gasteiger partial charge in [0.25, 0.3) is 11.4 Å². The molecule has 0 fully saturated rings. The van der Waals surface area contributed by atoms with Crippen LogP contribution in [0.3, 0.4) is 0 Å². The third-order valence-electron chi connectivity index (χ3n) is 2.84. The van der Waals surface area contributed by atoms with Crippen LogP contribution in [0.5, 0.6) is 0 Å². The number of hydrogen-bond acceptors (Lipinski definition) is 6. The lowest BCUT2D eigenvalue weighted by Gasteiger charge is -2.02. The second-order valence-electron chi connectivity index (χ2n) is 4.42. The first-order valence-electron chi connectivity index (χ1n) is 6.61. The summed E-state index contributed by atoms with van der Waals surface area (Å²) in [6, 6.07) is 8.47. The van der Waals surface area contributed by atoms with Crippen molar-refractivity contribution in [3.63, 3.8) is 0 Å². The average molecular weight is 283 g/mol. The van der Waals surface area contributed by atoms with Crippen LogP contribution in [0.2, 0.25) is 0 Å². The van der Waals surface area contributed by atoms with E-state index in [4.69, 9.17) is 4.52 Å². The molecule has 3 aromatic rings. The SMILES string of the molecule is CCCn1nc(-c2nc(-c3ccccn3)no2)ccc1=O. The summed E-state index contributed by atoms with van der Waals surface area (Å²) in [5.74, 6) is 0.654. The summed E-state index contributed by atoms with van der Waals surface area (Å²) in [6.07, 6.45) is 2.48. The molecule has 3 rings (SSSR count). The van der Waals surface area contributed by atoms with Crippen molar-refractivity contribution in [2.45, 2.75) is 19.9 Å². The van der Waals surface area contributed by atoms with Crippen molar-refractivity contribution in [2.75, 3.05) is 0 Å². The molecule has 106 valence electrons. The number of aromatic nitrogens is 5. The number of pyridine rings is 1. The van der Waals surface area contributed by atoms with Crippen LogP contribution in [0.25, 0.3) is 23.1 Å². The van der Waals surface area contributed by atoms with E-state index in [1.165, 1.54) is 10.7 Å². The van der Waals surface area contributed by atoms with Crippen LogP contribution < -0.4 is 5.56 Å². The summed E-state index contributed by atoms with van der Waals surface area (Å²) in [5, 5.41) is 8.11. The zero-order valence-electron chi connectivity index (χ0n) is 11.4. The van der Waals surface area contributed by atoms with Gasteiger partial charge in [0.05, 0.1) is 0 Å². The standard InChI is InChI=1S/C14H13N5O2/c1-2-9-19-12(20)7-6-11(17-19)14-16-13(18-21-14)10-5-3-4-8-15-10/h3-8H,2,9H2,1H3. The van der Waals surface area contributed by atoms with Crippen molar-refractivity contribution in [3.8, 4) is 23.1 Å². The van der Waals surface area contributed by atoms with Gasteiger partial charge in [0.2, 0.25) is 5.82 Å². The lowest BCUT2D eigenvalue weighted by Crippen LogP contribution is -2.21. The maximum absolute atomic E-state index is 11.6. The van der Waals surface area contributed by atoms with Gasteiger partial charge >= 0.3 is 0 Å². The van der Waals surface area contributed by atoms with Crippen LogP contribution in [-0.2, 0) is 6.54 Å². The van der Waals surface area contributed by atoms with Crippen molar-refractivity contribution >= 4 is 0 Å². The van der Waals surface area contributed by atoms with E-state index in [1.807, 2.05) is 19.1 Å². The molecule has 7 heteroatoms. The summed E-state index contributed by atoms with van der Waals surface area (Å²) in [6.45, 7) is 2.53. The highest BCUT2D eigenvalue weighted by Gasteiger charge is 2.13. The van der Waals surface area contributed by atoms with Gasteiger partial charge in [-0.1, -0.05) is 18.1 Å². The van der Waals surface area contributed by atoms with Crippen molar-refractivity contribution < 1.29 is 4.52 Å². The van der Waals surface area contributed by atoms with E-state index in [1.54, 1.807) is 18.3 Å². The van der Waals surface area contributed by atoms with E-state index in [9.17, 15) is 4.79 Å². The molecule has 3 heterocycles. The summed E-state index contributed by atoms with van der Waals surface area (Å²) in [4.78, 5) is 20.1. The summed E-state index contributed by atoms with van der Waals surface area (Å²) >= 11 is 0. The Labute approximate surface area is 120 Å². The second-order valence-corrected chi connectivity index (χ2v) is 4.42. The molecule has 7 nitrogen and oxygen atoms in total. The van der Waals surface area contributed by atoms with Gasteiger partial charge in [0.1, 0.15) is 11.4 Å². The zero-order valence-corrected chi connectivity index (χ0v) is 11.4. The average Bonchev–Trinajstić information content (AvgIpc) is 3.00. The van der Waals surface area contributed by atoms with Crippen molar-refractivity contribution in [2.24, 2.45) is 0 Å². The lowest BCUT2D eigenvalue weighted by atomic mass is 10.3. The first-order chi connectivity index (χ1) is 10.3. The quantitative estimate of drug-likeness (QED) is 0.725. The number of nitrogens with zero attached hydrogens (tertiary/aromatic N) is 5. The van der Waals surface area contributed by atoms with Gasteiger partial charge in [0, 0.05) is 18.8 Å². The van der Waals surface area contributed by atoms with Gasteiger partial charge in [-0.3, -0.25) is 9.78 Å². The molecule has 0 bridgehead atoms. The van der Waals surface area contributed by atoms with Crippen molar-refractivity contribution in [3.05, 3.63) is 46.9 Å². The van der Waals surface area contributed by atoms with Gasteiger partial charge in [-0.15, -0.1) is 0 Å². The number of hydrogen-bond donors (Lipinski definition) is 0. The Bertz CT molecular complexity index is 794. The molecule has 21 heavy (non-hydrogen) atoms. The Balaban J connectivity index is 1.97. The lowest BCUT2D eigenvalue weighted by molar-refractivity contribution is 0.428. The third-order valence-corrected chi connectivity index (χ3v) is 2.84. The Hall–Kier alpha value is -2.83. The first kappa shape index (κ1) is 13.2. The minimum absolute atomic E-state index is 0.148. The fourth-order valence-electron chi connectivity index (χ4n) is 1.86. The molecule has 0 aliphatic carbocycles. The van der Waals surface area contributed by atoms with Gasteiger partial charge in [-0.05, 0) is 24.6 Å². The van der Waals surface area contributed by atoms with Gasteiger partial charge in [-0.25, -0.2) is 4.68 Å². The molecule has 3 aromatic heterocycles. The van der Waals surface area contributed by atoms with Crippen LogP contribution >= 0.6 is 0 Å². The van der Waals surface area contributed by atoms with Gasteiger partial charge in [-0.2, -0.15) is 10.1 Å². The zero-order chi connectivity index (χ0) is 14.7. The molecule has 0 spiro atoms. The van der Waals surface area contributed by atoms with Gasteiger partial charge < -0.3 is 4.52 Å². The number of rotatable bonds is 4. The largest absolute Gasteiger partial charge is 0.332 e. The topological polar surface area (TPSA) is 86.7 Å². The molecule has 0 amide bonds. The normalized spacial score (nSPS) is 10.7. The first-order valence-corrected chi connectivity index (χ1v) is 6.61. The maximum atomic E-state index is 11.6. The molecule has 0 saturated carbocycles. The van der Waals surface area contributed by atoms with Crippen LogP contribution in [-0.4, -0.2) is 24.9 Å². The maximum Gasteiger partial charge on any atom is 0.278 e. The van der Waals surface area contributed by atoms with Crippen LogP contribution in [0, 0.1) is 0 Å². The predicted molar refractivity (Wildman–Crippen MR) is 75.3 cm³/mol. The van der Waals surface area contributed by atoms with Crippen LogP contribution in [0.1, 0.15) is 13.3 Å². The van der Waals surface area contributed by atoms with E-state index >= 15 is 0 Å². The minimum Gasteiger partial charge on any atom is -0.332 e. The van der Waals surface area contributed by atoms with E-state index in [0.717, 1.165) is 6.42 Å². The summed E-state index contributed by atoms with van der Waals surface area (Å²) < 4.78 is 6.59. The van der Waals surface area contributed by atoms with Crippen LogP contribution in [0.15, 0.2) is 45.8 Å². The fourth-order valence-corrected chi connectivity index (χ4v) is 1.86. The van der Waals surface area contributed by atoms with E-state index in [0.29, 0.717) is 23.8 Å². The van der Waals surface area contributed by atoms with Crippen molar-refractivity contribution in [1.82, 2.24) is 24.9 Å². The van der Waals surface area contributed by atoms with Crippen LogP contribution in [0.4, 0.5) is 0 Å². The molecule has 0 aromatic carbocycles. The molecule has 0 atom stereocenters. The highest BCUT2D eigenvalue weighted by Crippen LogP contribution is 2.18. The summed E-state index contributed by atoms with van der Waals surface area (Å²) in [5.41, 5.74) is 0.942. The molecule has 0 saturated heterocycles. The highest BCUT2D eigenvalue weighted by atomic mass is 16.5. The van der Waals surface area contributed by atoms with E-state index in [-0.39, 0.29) is 11.4 Å². The minimum atomic E-state index is -0.148. The molecular formula is C14H13N5O2. The van der Waals surface area contributed by atoms with E-state index in [2.05, 4.69) is 20.2 Å². The highest BCUT2D eigenvalue weighted by molar-refractivity contribution is 5.53. The molecule has 0 aliphatic heterocycles. The Kier molecular flexibility index (Phi) is 3.55. The molecule has 0 radical (unpaired) electrons. The number of aryl methyl sites for hydroxylation is 1. The van der Waals surface area contributed by atoms with Crippen molar-refractivity contribution in [1.29, 1.82) is 0 Å². The molecule has 0 unspecified atom stereocenters. The molecule has 0 N–H and O–H groups in total. The molecular weight excluding hydrogens is 270 g/mol. The fraction of sp³-hybridized carbons (Fsp3) is 0.214. The third kappa shape index (κ3) is 2.71. The van der Waals surface area contributed by atoms with Gasteiger partial charge in [0.15, 0.2) is 0 Å². The Morgan fingerprint density at radius 2 is 2.10 bits per heavy atom. The van der Waals surface area contributed by atoms with E-state index < -0.39 is 0 Å². The Morgan fingerprint density at radius 1 is 1.19 bits per heavy atom. The second kappa shape index (κ2) is 5.66. The monoisotopic (exact) mass is 283 g/mol.